The molecule has 1 aliphatic rings. The Labute approximate surface area is 63.9 Å². The van der Waals surface area contributed by atoms with Gasteiger partial charge in [0, 0.05) is 5.92 Å². The molecule has 0 N–H and O–H groups in total. The third kappa shape index (κ3) is 1.58. The van der Waals surface area contributed by atoms with Gasteiger partial charge in [-0.15, -0.1) is 7.92 Å². The molecule has 1 saturated carbocycles. The van der Waals surface area contributed by atoms with Crippen LogP contribution in [-0.2, 0) is 4.79 Å². The molecule has 58 valence electrons. The molecule has 2 atom stereocenters. The molecule has 0 saturated heterocycles. The highest BCUT2D eigenvalue weighted by molar-refractivity contribution is 7.56. The van der Waals surface area contributed by atoms with Crippen molar-refractivity contribution in [3.05, 3.63) is 0 Å². The van der Waals surface area contributed by atoms with E-state index in [-0.39, 0.29) is 7.92 Å². The van der Waals surface area contributed by atoms with Crippen molar-refractivity contribution < 1.29 is 4.79 Å². The monoisotopic (exact) mass is 158 g/mol. The number of carbonyl (C=O) groups is 1. The first-order valence-corrected chi connectivity index (χ1v) is 6.18. The standard InChI is InChI=1S/C8H15OP/c1-10(2)8-5-3-4-7(8)6-9/h6-8H,3-5H2,1-2H3/t7?,8-/m0/s1. The van der Waals surface area contributed by atoms with Crippen molar-refractivity contribution in [2.24, 2.45) is 5.92 Å². The maximum Gasteiger partial charge on any atom is 0.123 e. The van der Waals surface area contributed by atoms with Gasteiger partial charge in [-0.3, -0.25) is 0 Å². The van der Waals surface area contributed by atoms with Gasteiger partial charge in [-0.1, -0.05) is 6.42 Å². The van der Waals surface area contributed by atoms with Gasteiger partial charge in [0.25, 0.3) is 0 Å². The maximum absolute atomic E-state index is 10.5. The minimum atomic E-state index is 0.122. The Hall–Kier alpha value is 0.100. The van der Waals surface area contributed by atoms with Crippen molar-refractivity contribution in [1.82, 2.24) is 0 Å². The van der Waals surface area contributed by atoms with Crippen LogP contribution in [0.2, 0.25) is 0 Å². The molecule has 0 aromatic rings. The van der Waals surface area contributed by atoms with Gasteiger partial charge < -0.3 is 4.79 Å². The lowest BCUT2D eigenvalue weighted by Gasteiger charge is -2.18. The van der Waals surface area contributed by atoms with E-state index in [4.69, 9.17) is 0 Å². The van der Waals surface area contributed by atoms with Crippen molar-refractivity contribution >= 4 is 14.2 Å². The van der Waals surface area contributed by atoms with Crippen LogP contribution in [0, 0.1) is 5.92 Å². The first kappa shape index (κ1) is 8.20. The number of hydrogen-bond donors (Lipinski definition) is 0. The van der Waals surface area contributed by atoms with Gasteiger partial charge in [0.1, 0.15) is 6.29 Å². The average Bonchev–Trinajstić information content (AvgIpc) is 2.33. The lowest BCUT2D eigenvalue weighted by atomic mass is 10.1. The van der Waals surface area contributed by atoms with Gasteiger partial charge in [-0.2, -0.15) is 0 Å². The van der Waals surface area contributed by atoms with E-state index in [0.717, 1.165) is 12.1 Å². The van der Waals surface area contributed by atoms with Crippen molar-refractivity contribution in [3.63, 3.8) is 0 Å². The van der Waals surface area contributed by atoms with E-state index in [1.807, 2.05) is 0 Å². The van der Waals surface area contributed by atoms with Crippen LogP contribution in [0.3, 0.4) is 0 Å². The van der Waals surface area contributed by atoms with Crippen LogP contribution in [-0.4, -0.2) is 25.3 Å². The molecular formula is C8H15OP. The van der Waals surface area contributed by atoms with Gasteiger partial charge in [0.05, 0.1) is 0 Å². The Balaban J connectivity index is 2.49. The van der Waals surface area contributed by atoms with Crippen LogP contribution in [0.25, 0.3) is 0 Å². The normalized spacial score (nSPS) is 33.1. The molecule has 0 bridgehead atoms. The molecule has 1 unspecified atom stereocenters. The van der Waals surface area contributed by atoms with Crippen molar-refractivity contribution in [3.8, 4) is 0 Å². The molecule has 0 spiro atoms. The van der Waals surface area contributed by atoms with Crippen LogP contribution in [0.1, 0.15) is 19.3 Å². The quantitative estimate of drug-likeness (QED) is 0.444. The van der Waals surface area contributed by atoms with Crippen molar-refractivity contribution in [2.75, 3.05) is 13.3 Å². The fourth-order valence-corrected chi connectivity index (χ4v) is 3.45. The summed E-state index contributed by atoms with van der Waals surface area (Å²) in [5.41, 5.74) is 0.743. The fourth-order valence-electron chi connectivity index (χ4n) is 1.77. The minimum absolute atomic E-state index is 0.122. The van der Waals surface area contributed by atoms with Crippen LogP contribution in [0.4, 0.5) is 0 Å². The van der Waals surface area contributed by atoms with E-state index < -0.39 is 0 Å². The summed E-state index contributed by atoms with van der Waals surface area (Å²) >= 11 is 0. The fraction of sp³-hybridized carbons (Fsp3) is 0.875. The Kier molecular flexibility index (Phi) is 2.85. The summed E-state index contributed by atoms with van der Waals surface area (Å²) in [5.74, 6) is 0.404. The molecule has 0 aliphatic heterocycles. The topological polar surface area (TPSA) is 17.1 Å². The smallest absolute Gasteiger partial charge is 0.123 e. The highest BCUT2D eigenvalue weighted by Crippen LogP contribution is 2.45. The van der Waals surface area contributed by atoms with Crippen LogP contribution in [0.15, 0.2) is 0 Å². The summed E-state index contributed by atoms with van der Waals surface area (Å²) in [6, 6.07) is 0. The zero-order chi connectivity index (χ0) is 7.56. The second kappa shape index (κ2) is 3.48. The molecular weight excluding hydrogens is 143 g/mol. The Morgan fingerprint density at radius 3 is 2.50 bits per heavy atom. The first-order valence-electron chi connectivity index (χ1n) is 3.87. The lowest BCUT2D eigenvalue weighted by molar-refractivity contribution is -0.110. The molecule has 0 aromatic carbocycles. The molecule has 10 heavy (non-hydrogen) atoms. The predicted octanol–water partition coefficient (Wildman–Crippen LogP) is 2.10. The number of hydrogen-bond acceptors (Lipinski definition) is 1. The molecule has 0 aromatic heterocycles. The lowest BCUT2D eigenvalue weighted by Crippen LogP contribution is -2.12. The Bertz CT molecular complexity index is 122. The minimum Gasteiger partial charge on any atom is -0.303 e. The molecule has 1 aliphatic carbocycles. The maximum atomic E-state index is 10.5. The average molecular weight is 158 g/mol. The van der Waals surface area contributed by atoms with Gasteiger partial charge >= 0.3 is 0 Å². The van der Waals surface area contributed by atoms with Gasteiger partial charge in [0.15, 0.2) is 0 Å². The molecule has 0 radical (unpaired) electrons. The highest BCUT2D eigenvalue weighted by atomic mass is 31.1. The number of carbonyl (C=O) groups excluding carboxylic acids is 1. The SMILES string of the molecule is CP(C)[C@H]1CCCC1C=O. The summed E-state index contributed by atoms with van der Waals surface area (Å²) in [5, 5.41) is 0. The summed E-state index contributed by atoms with van der Waals surface area (Å²) in [7, 11) is 0.122. The second-order valence-corrected chi connectivity index (χ2v) is 5.85. The van der Waals surface area contributed by atoms with Crippen LogP contribution >= 0.6 is 7.92 Å². The molecule has 0 amide bonds. The first-order chi connectivity index (χ1) is 4.75. The Morgan fingerprint density at radius 1 is 1.40 bits per heavy atom. The summed E-state index contributed by atoms with van der Waals surface area (Å²) < 4.78 is 0. The van der Waals surface area contributed by atoms with E-state index >= 15 is 0 Å². The molecule has 2 heteroatoms. The summed E-state index contributed by atoms with van der Waals surface area (Å²) in [6.07, 6.45) is 4.88. The van der Waals surface area contributed by atoms with Gasteiger partial charge in [-0.05, 0) is 31.8 Å². The largest absolute Gasteiger partial charge is 0.303 e. The van der Waals surface area contributed by atoms with Crippen molar-refractivity contribution in [2.45, 2.75) is 24.9 Å². The third-order valence-electron chi connectivity index (χ3n) is 2.37. The van der Waals surface area contributed by atoms with E-state index in [0.29, 0.717) is 5.92 Å². The summed E-state index contributed by atoms with van der Waals surface area (Å²) in [4.78, 5) is 10.5. The van der Waals surface area contributed by atoms with Crippen molar-refractivity contribution in [1.29, 1.82) is 0 Å². The number of rotatable bonds is 2. The number of aldehydes is 1. The van der Waals surface area contributed by atoms with E-state index in [1.165, 1.54) is 19.1 Å². The third-order valence-corrected chi connectivity index (χ3v) is 4.34. The van der Waals surface area contributed by atoms with E-state index in [1.54, 1.807) is 0 Å². The van der Waals surface area contributed by atoms with Gasteiger partial charge in [0.2, 0.25) is 0 Å². The van der Waals surface area contributed by atoms with E-state index in [2.05, 4.69) is 13.3 Å². The Morgan fingerprint density at radius 2 is 2.10 bits per heavy atom. The highest BCUT2D eigenvalue weighted by Gasteiger charge is 2.28. The molecule has 1 nitrogen and oxygen atoms in total. The zero-order valence-electron chi connectivity index (χ0n) is 6.71. The molecule has 0 heterocycles. The molecule has 1 fully saturated rings. The second-order valence-electron chi connectivity index (χ2n) is 3.26. The van der Waals surface area contributed by atoms with Crippen LogP contribution < -0.4 is 0 Å². The van der Waals surface area contributed by atoms with Gasteiger partial charge in [-0.25, -0.2) is 0 Å². The predicted molar refractivity (Wildman–Crippen MR) is 46.0 cm³/mol. The molecule has 1 rings (SSSR count). The zero-order valence-corrected chi connectivity index (χ0v) is 7.60. The van der Waals surface area contributed by atoms with E-state index in [9.17, 15) is 4.79 Å². The van der Waals surface area contributed by atoms with Crippen LogP contribution in [0.5, 0.6) is 0 Å². The summed E-state index contributed by atoms with van der Waals surface area (Å²) in [6.45, 7) is 4.56.